The van der Waals surface area contributed by atoms with Crippen molar-refractivity contribution in [3.63, 3.8) is 0 Å². The molecule has 1 fully saturated rings. The van der Waals surface area contributed by atoms with Gasteiger partial charge in [0.05, 0.1) is 18.3 Å². The predicted molar refractivity (Wildman–Crippen MR) is 93.9 cm³/mol. The highest BCUT2D eigenvalue weighted by atomic mass is 16.3. The van der Waals surface area contributed by atoms with Gasteiger partial charge in [-0.1, -0.05) is 19.0 Å². The van der Waals surface area contributed by atoms with E-state index in [1.807, 2.05) is 6.20 Å². The summed E-state index contributed by atoms with van der Waals surface area (Å²) in [6.07, 6.45) is 8.35. The number of aryl methyl sites for hydroxylation is 2. The molecule has 0 radical (unpaired) electrons. The third-order valence-corrected chi connectivity index (χ3v) is 5.19. The van der Waals surface area contributed by atoms with Crippen LogP contribution < -0.4 is 5.32 Å². The normalized spacial score (nSPS) is 24.3. The summed E-state index contributed by atoms with van der Waals surface area (Å²) in [4.78, 5) is 15.1. The minimum Gasteiger partial charge on any atom is -0.354 e. The number of rotatable bonds is 7. The molecule has 1 aromatic heterocycles. The second-order valence-electron chi connectivity index (χ2n) is 6.67. The quantitative estimate of drug-likeness (QED) is 0.785. The summed E-state index contributed by atoms with van der Waals surface area (Å²) in [7, 11) is 2.12. The highest BCUT2D eigenvalue weighted by Crippen LogP contribution is 2.38. The van der Waals surface area contributed by atoms with E-state index < -0.39 is 0 Å². The van der Waals surface area contributed by atoms with Crippen LogP contribution in [-0.2, 0) is 13.5 Å². The molecule has 0 aromatic carbocycles. The lowest BCUT2D eigenvalue weighted by Gasteiger charge is -2.37. The fraction of sp³-hybridized carbons (Fsp3) is 0.611. The first-order chi connectivity index (χ1) is 11.2. The van der Waals surface area contributed by atoms with E-state index in [4.69, 9.17) is 0 Å². The lowest BCUT2D eigenvalue weighted by molar-refractivity contribution is 0.422. The summed E-state index contributed by atoms with van der Waals surface area (Å²) in [6, 6.07) is 2.72. The van der Waals surface area contributed by atoms with Crippen molar-refractivity contribution in [2.45, 2.75) is 57.5 Å². The van der Waals surface area contributed by atoms with E-state index in [1.54, 1.807) is 0 Å². The molecule has 3 rings (SSSR count). The van der Waals surface area contributed by atoms with E-state index >= 15 is 0 Å². The Labute approximate surface area is 137 Å². The van der Waals surface area contributed by atoms with Crippen LogP contribution in [0, 0.1) is 4.91 Å². The molecular weight excluding hydrogens is 288 g/mol. The number of fused-ring (bicyclic) bond motifs is 1. The van der Waals surface area contributed by atoms with Crippen LogP contribution in [-0.4, -0.2) is 28.9 Å². The van der Waals surface area contributed by atoms with E-state index in [0.29, 0.717) is 12.5 Å². The van der Waals surface area contributed by atoms with Gasteiger partial charge in [-0.2, -0.15) is 4.91 Å². The molecule has 23 heavy (non-hydrogen) atoms. The van der Waals surface area contributed by atoms with Gasteiger partial charge in [0.2, 0.25) is 0 Å². The Morgan fingerprint density at radius 2 is 2.30 bits per heavy atom. The molecule has 2 heterocycles. The molecule has 0 amide bonds. The van der Waals surface area contributed by atoms with Gasteiger partial charge < -0.3 is 9.88 Å². The van der Waals surface area contributed by atoms with Gasteiger partial charge in [0.25, 0.3) is 0 Å². The first-order valence-electron chi connectivity index (χ1n) is 8.63. The van der Waals surface area contributed by atoms with Crippen LogP contribution in [0.2, 0.25) is 0 Å². The summed E-state index contributed by atoms with van der Waals surface area (Å²) in [5, 5.41) is 6.67. The Balaban J connectivity index is 1.75. The van der Waals surface area contributed by atoms with Crippen molar-refractivity contribution < 1.29 is 0 Å². The predicted octanol–water partition coefficient (Wildman–Crippen LogP) is 3.31. The molecule has 0 bridgehead atoms. The Morgan fingerprint density at radius 3 is 2.87 bits per heavy atom. The molecule has 1 aromatic rings. The number of aliphatic imine (C=N–C) groups is 1. The molecule has 124 valence electrons. The minimum absolute atomic E-state index is 0.141. The first-order valence-corrected chi connectivity index (χ1v) is 8.63. The summed E-state index contributed by atoms with van der Waals surface area (Å²) in [5.41, 5.74) is 5.36. The van der Waals surface area contributed by atoms with Crippen molar-refractivity contribution in [1.29, 1.82) is 0 Å². The van der Waals surface area contributed by atoms with Gasteiger partial charge in [0.15, 0.2) is 0 Å². The average molecular weight is 314 g/mol. The Bertz CT molecular complexity index is 643. The molecule has 2 aliphatic rings. The number of nitrogens with zero attached hydrogens (tertiary/aromatic N) is 3. The number of hydrogen-bond acceptors (Lipinski definition) is 4. The standard InChI is InChI=1S/C18H26N4O/c1-4-15(10-20-23)21-17-8-12(6-13-9-19-18(13)17)14-7-16(5-2)22(3)11-14/h7,9,11-12,15,17,21H,4-6,8,10H2,1-3H3. The van der Waals surface area contributed by atoms with Crippen molar-refractivity contribution >= 4 is 5.71 Å². The van der Waals surface area contributed by atoms with Gasteiger partial charge in [-0.05, 0) is 48.8 Å². The molecule has 1 saturated carbocycles. The molecule has 1 aliphatic heterocycles. The average Bonchev–Trinajstić information content (AvgIpc) is 2.89. The lowest BCUT2D eigenvalue weighted by atomic mass is 9.76. The fourth-order valence-electron chi connectivity index (χ4n) is 3.73. The summed E-state index contributed by atoms with van der Waals surface area (Å²) in [6.45, 7) is 4.62. The zero-order valence-electron chi connectivity index (χ0n) is 14.2. The van der Waals surface area contributed by atoms with Crippen LogP contribution >= 0.6 is 0 Å². The summed E-state index contributed by atoms with van der Waals surface area (Å²) >= 11 is 0. The highest BCUT2D eigenvalue weighted by Gasteiger charge is 2.35. The van der Waals surface area contributed by atoms with Gasteiger partial charge in [-0.25, -0.2) is 0 Å². The van der Waals surface area contributed by atoms with Crippen molar-refractivity contribution in [2.75, 3.05) is 6.54 Å². The maximum Gasteiger partial charge on any atom is 0.0964 e. The van der Waals surface area contributed by atoms with Crippen LogP contribution in [0.4, 0.5) is 0 Å². The van der Waals surface area contributed by atoms with Crippen LogP contribution in [0.5, 0.6) is 0 Å². The number of hydrogen-bond donors (Lipinski definition) is 1. The Kier molecular flexibility index (Phi) is 4.76. The number of nitrogens with one attached hydrogen (secondary N) is 1. The molecule has 0 saturated heterocycles. The van der Waals surface area contributed by atoms with E-state index in [1.165, 1.54) is 22.5 Å². The van der Waals surface area contributed by atoms with Crippen LogP contribution in [0.15, 0.2) is 34.2 Å². The lowest BCUT2D eigenvalue weighted by Crippen LogP contribution is -2.49. The molecule has 5 heteroatoms. The molecule has 5 nitrogen and oxygen atoms in total. The van der Waals surface area contributed by atoms with Crippen molar-refractivity contribution in [3.05, 3.63) is 40.2 Å². The zero-order chi connectivity index (χ0) is 16.4. The SMILES string of the molecule is CCc1cc(C2CC3=CN=C3C(NC(CC)CN=O)C2)cn1C. The van der Waals surface area contributed by atoms with Gasteiger partial charge in [0.1, 0.15) is 0 Å². The fourth-order valence-corrected chi connectivity index (χ4v) is 3.73. The van der Waals surface area contributed by atoms with E-state index in [2.05, 4.69) is 53.2 Å². The summed E-state index contributed by atoms with van der Waals surface area (Å²) < 4.78 is 2.24. The zero-order valence-corrected chi connectivity index (χ0v) is 14.2. The second-order valence-corrected chi connectivity index (χ2v) is 6.67. The summed E-state index contributed by atoms with van der Waals surface area (Å²) in [5.74, 6) is 0.520. The first kappa shape index (κ1) is 16.1. The van der Waals surface area contributed by atoms with Gasteiger partial charge in [-0.3, -0.25) is 4.99 Å². The van der Waals surface area contributed by atoms with Crippen molar-refractivity contribution in [3.8, 4) is 0 Å². The van der Waals surface area contributed by atoms with Gasteiger partial charge >= 0.3 is 0 Å². The monoisotopic (exact) mass is 314 g/mol. The number of aromatic nitrogens is 1. The van der Waals surface area contributed by atoms with E-state index in [-0.39, 0.29) is 12.1 Å². The van der Waals surface area contributed by atoms with Gasteiger partial charge in [0, 0.05) is 31.2 Å². The van der Waals surface area contributed by atoms with Crippen molar-refractivity contribution in [2.24, 2.45) is 17.2 Å². The smallest absolute Gasteiger partial charge is 0.0964 e. The topological polar surface area (TPSA) is 58.8 Å². The van der Waals surface area contributed by atoms with Crippen LogP contribution in [0.25, 0.3) is 0 Å². The highest BCUT2D eigenvalue weighted by molar-refractivity contribution is 6.09. The third kappa shape index (κ3) is 3.15. The molecule has 3 atom stereocenters. The van der Waals surface area contributed by atoms with Crippen LogP contribution in [0.3, 0.4) is 0 Å². The number of nitroso groups, excluding NO2 is 1. The maximum atomic E-state index is 10.6. The minimum atomic E-state index is 0.141. The second kappa shape index (κ2) is 6.79. The maximum absolute atomic E-state index is 10.6. The van der Waals surface area contributed by atoms with Gasteiger partial charge in [-0.15, -0.1) is 0 Å². The molecule has 1 N–H and O–H groups in total. The molecular formula is C18H26N4O. The molecule has 0 spiro atoms. The molecule has 3 unspecified atom stereocenters. The van der Waals surface area contributed by atoms with Crippen molar-refractivity contribution in [1.82, 2.24) is 9.88 Å². The third-order valence-electron chi connectivity index (χ3n) is 5.19. The largest absolute Gasteiger partial charge is 0.354 e. The van der Waals surface area contributed by atoms with E-state index in [0.717, 1.165) is 25.7 Å². The van der Waals surface area contributed by atoms with E-state index in [9.17, 15) is 4.91 Å². The molecule has 1 aliphatic carbocycles. The Morgan fingerprint density at radius 1 is 1.48 bits per heavy atom. The Hall–Kier alpha value is -1.75. The van der Waals surface area contributed by atoms with Crippen LogP contribution in [0.1, 0.15) is 50.3 Å².